The van der Waals surface area contributed by atoms with Crippen molar-refractivity contribution in [3.63, 3.8) is 0 Å². The molecule has 0 aliphatic carbocycles. The van der Waals surface area contributed by atoms with Gasteiger partial charge in [0.1, 0.15) is 6.26 Å². The van der Waals surface area contributed by atoms with Gasteiger partial charge in [-0.1, -0.05) is 25.1 Å². The lowest BCUT2D eigenvalue weighted by molar-refractivity contribution is 0.0741. The Morgan fingerprint density at radius 3 is 2.61 bits per heavy atom. The molecule has 2 aromatic rings. The van der Waals surface area contributed by atoms with E-state index in [1.807, 2.05) is 30.0 Å². The molecule has 0 spiro atoms. The third-order valence-corrected chi connectivity index (χ3v) is 4.19. The second-order valence-corrected chi connectivity index (χ2v) is 5.70. The molecule has 23 heavy (non-hydrogen) atoms. The molecule has 1 aliphatic heterocycles. The number of benzene rings is 1. The topological polar surface area (TPSA) is 75.6 Å². The zero-order chi connectivity index (χ0) is 16.2. The van der Waals surface area contributed by atoms with E-state index in [2.05, 4.69) is 22.0 Å². The van der Waals surface area contributed by atoms with Crippen LogP contribution in [0.3, 0.4) is 0 Å². The summed E-state index contributed by atoms with van der Waals surface area (Å²) in [5.41, 5.74) is 7.42. The summed E-state index contributed by atoms with van der Waals surface area (Å²) in [6, 6.07) is 9.99. The number of para-hydroxylation sites is 1. The van der Waals surface area contributed by atoms with Crippen molar-refractivity contribution in [2.24, 2.45) is 5.73 Å². The van der Waals surface area contributed by atoms with E-state index in [0.717, 1.165) is 19.5 Å². The average molecular weight is 314 g/mol. The van der Waals surface area contributed by atoms with Crippen LogP contribution < -0.4 is 10.6 Å². The van der Waals surface area contributed by atoms with E-state index < -0.39 is 0 Å². The number of anilines is 1. The lowest BCUT2D eigenvalue weighted by atomic mass is 10.2. The summed E-state index contributed by atoms with van der Waals surface area (Å²) in [4.78, 5) is 20.8. The SMILES string of the molecule is CCC(N)c1nc(C(=O)N2CCN(c3ccccc3)CC2)co1. The number of rotatable bonds is 4. The van der Waals surface area contributed by atoms with Crippen LogP contribution in [0.25, 0.3) is 0 Å². The minimum atomic E-state index is -0.258. The first-order valence-corrected chi connectivity index (χ1v) is 7.99. The smallest absolute Gasteiger partial charge is 0.275 e. The van der Waals surface area contributed by atoms with Crippen molar-refractivity contribution in [1.29, 1.82) is 0 Å². The molecule has 1 amide bonds. The number of carbonyl (C=O) groups excluding carboxylic acids is 1. The van der Waals surface area contributed by atoms with Crippen LogP contribution in [0, 0.1) is 0 Å². The Morgan fingerprint density at radius 1 is 1.26 bits per heavy atom. The highest BCUT2D eigenvalue weighted by molar-refractivity contribution is 5.92. The van der Waals surface area contributed by atoms with E-state index in [0.29, 0.717) is 24.7 Å². The standard InChI is InChI=1S/C17H22N4O2/c1-2-14(18)16-19-15(12-23-16)17(22)21-10-8-20(9-11-21)13-6-4-3-5-7-13/h3-7,12,14H,2,8-11,18H2,1H3. The van der Waals surface area contributed by atoms with Crippen molar-refractivity contribution in [2.45, 2.75) is 19.4 Å². The summed E-state index contributed by atoms with van der Waals surface area (Å²) >= 11 is 0. The number of carbonyl (C=O) groups is 1. The first-order chi connectivity index (χ1) is 11.2. The van der Waals surface area contributed by atoms with Crippen LogP contribution in [0.2, 0.25) is 0 Å². The van der Waals surface area contributed by atoms with Crippen molar-refractivity contribution in [3.8, 4) is 0 Å². The summed E-state index contributed by atoms with van der Waals surface area (Å²) in [5, 5.41) is 0. The van der Waals surface area contributed by atoms with Crippen molar-refractivity contribution < 1.29 is 9.21 Å². The third-order valence-electron chi connectivity index (χ3n) is 4.19. The van der Waals surface area contributed by atoms with E-state index >= 15 is 0 Å². The molecule has 1 aliphatic rings. The molecule has 0 bridgehead atoms. The van der Waals surface area contributed by atoms with Gasteiger partial charge in [-0.25, -0.2) is 4.98 Å². The predicted octanol–water partition coefficient (Wildman–Crippen LogP) is 2.05. The minimum Gasteiger partial charge on any atom is -0.446 e. The van der Waals surface area contributed by atoms with E-state index in [1.165, 1.54) is 12.0 Å². The Bertz CT molecular complexity index is 648. The summed E-state index contributed by atoms with van der Waals surface area (Å²) < 4.78 is 5.33. The number of aromatic nitrogens is 1. The number of hydrogen-bond donors (Lipinski definition) is 1. The molecular weight excluding hydrogens is 292 g/mol. The molecule has 1 unspecified atom stereocenters. The first kappa shape index (κ1) is 15.6. The Morgan fingerprint density at radius 2 is 1.96 bits per heavy atom. The van der Waals surface area contributed by atoms with Crippen molar-refractivity contribution >= 4 is 11.6 Å². The number of hydrogen-bond acceptors (Lipinski definition) is 5. The lowest BCUT2D eigenvalue weighted by Gasteiger charge is -2.35. The van der Waals surface area contributed by atoms with Gasteiger partial charge in [0.2, 0.25) is 5.89 Å². The molecule has 1 saturated heterocycles. The van der Waals surface area contributed by atoms with Gasteiger partial charge in [0.25, 0.3) is 5.91 Å². The lowest BCUT2D eigenvalue weighted by Crippen LogP contribution is -2.48. The van der Waals surface area contributed by atoms with Crippen LogP contribution in [-0.2, 0) is 0 Å². The number of oxazole rings is 1. The van der Waals surface area contributed by atoms with Gasteiger partial charge in [0.15, 0.2) is 5.69 Å². The molecule has 6 nitrogen and oxygen atoms in total. The quantitative estimate of drug-likeness (QED) is 0.934. The van der Waals surface area contributed by atoms with Crippen LogP contribution in [0.5, 0.6) is 0 Å². The molecule has 1 atom stereocenters. The maximum absolute atomic E-state index is 12.5. The van der Waals surface area contributed by atoms with Gasteiger partial charge in [0.05, 0.1) is 6.04 Å². The fraction of sp³-hybridized carbons (Fsp3) is 0.412. The van der Waals surface area contributed by atoms with E-state index in [4.69, 9.17) is 10.2 Å². The molecule has 1 aromatic heterocycles. The first-order valence-electron chi connectivity index (χ1n) is 7.99. The van der Waals surface area contributed by atoms with Crippen molar-refractivity contribution in [2.75, 3.05) is 31.1 Å². The maximum atomic E-state index is 12.5. The van der Waals surface area contributed by atoms with E-state index in [9.17, 15) is 4.79 Å². The molecule has 122 valence electrons. The second-order valence-electron chi connectivity index (χ2n) is 5.70. The van der Waals surface area contributed by atoms with Crippen LogP contribution in [0.4, 0.5) is 5.69 Å². The van der Waals surface area contributed by atoms with E-state index in [1.54, 1.807) is 0 Å². The van der Waals surface area contributed by atoms with Crippen LogP contribution in [0.15, 0.2) is 41.0 Å². The van der Waals surface area contributed by atoms with Gasteiger partial charge in [-0.3, -0.25) is 4.79 Å². The minimum absolute atomic E-state index is 0.0870. The Labute approximate surface area is 135 Å². The van der Waals surface area contributed by atoms with E-state index in [-0.39, 0.29) is 11.9 Å². The van der Waals surface area contributed by atoms with Crippen LogP contribution in [0.1, 0.15) is 35.8 Å². The number of piperazine rings is 1. The summed E-state index contributed by atoms with van der Waals surface area (Å²) in [6.45, 7) is 4.94. The maximum Gasteiger partial charge on any atom is 0.275 e. The molecule has 0 saturated carbocycles. The summed E-state index contributed by atoms with van der Waals surface area (Å²) in [7, 11) is 0. The van der Waals surface area contributed by atoms with Crippen LogP contribution >= 0.6 is 0 Å². The van der Waals surface area contributed by atoms with Gasteiger partial charge in [-0.05, 0) is 18.6 Å². The highest BCUT2D eigenvalue weighted by Gasteiger charge is 2.25. The molecule has 1 aromatic carbocycles. The zero-order valence-electron chi connectivity index (χ0n) is 13.3. The van der Waals surface area contributed by atoms with Gasteiger partial charge < -0.3 is 20.0 Å². The van der Waals surface area contributed by atoms with Gasteiger partial charge in [0, 0.05) is 31.9 Å². The van der Waals surface area contributed by atoms with Crippen molar-refractivity contribution in [1.82, 2.24) is 9.88 Å². The predicted molar refractivity (Wildman–Crippen MR) is 88.3 cm³/mol. The summed E-state index contributed by atoms with van der Waals surface area (Å²) in [5.74, 6) is 0.342. The van der Waals surface area contributed by atoms with Gasteiger partial charge in [-0.15, -0.1) is 0 Å². The highest BCUT2D eigenvalue weighted by Crippen LogP contribution is 2.18. The number of nitrogens with zero attached hydrogens (tertiary/aromatic N) is 3. The normalized spacial score (nSPS) is 16.4. The van der Waals surface area contributed by atoms with Crippen LogP contribution in [-0.4, -0.2) is 42.0 Å². The largest absolute Gasteiger partial charge is 0.446 e. The molecule has 0 radical (unpaired) electrons. The second kappa shape index (κ2) is 6.83. The summed E-state index contributed by atoms with van der Waals surface area (Å²) in [6.07, 6.45) is 2.14. The Balaban J connectivity index is 1.61. The third kappa shape index (κ3) is 3.37. The molecule has 1 fully saturated rings. The van der Waals surface area contributed by atoms with Crippen molar-refractivity contribution in [3.05, 3.63) is 48.2 Å². The van der Waals surface area contributed by atoms with Gasteiger partial charge in [-0.2, -0.15) is 0 Å². The fourth-order valence-corrected chi connectivity index (χ4v) is 2.70. The molecule has 2 heterocycles. The zero-order valence-corrected chi connectivity index (χ0v) is 13.3. The molecular formula is C17H22N4O2. The van der Waals surface area contributed by atoms with Gasteiger partial charge >= 0.3 is 0 Å². The molecule has 3 rings (SSSR count). The Kier molecular flexibility index (Phi) is 4.62. The molecule has 2 N–H and O–H groups in total. The number of amides is 1. The molecule has 6 heteroatoms. The highest BCUT2D eigenvalue weighted by atomic mass is 16.3. The number of nitrogens with two attached hydrogens (primary N) is 1. The monoisotopic (exact) mass is 314 g/mol. The average Bonchev–Trinajstić information content (AvgIpc) is 3.11. The fourth-order valence-electron chi connectivity index (χ4n) is 2.70. The Hall–Kier alpha value is -2.34.